The highest BCUT2D eigenvalue weighted by atomic mass is 16.7. The Hall–Kier alpha value is -0.695. The fraction of sp³-hybridized carbons (Fsp3) is 0.733. The highest BCUT2D eigenvalue weighted by Gasteiger charge is 2.45. The summed E-state index contributed by atoms with van der Waals surface area (Å²) in [5.74, 6) is 0. The Morgan fingerprint density at radius 2 is 1.68 bits per heavy atom. The summed E-state index contributed by atoms with van der Waals surface area (Å²) in [4.78, 5) is 0. The molecule has 4 atom stereocenters. The third kappa shape index (κ3) is 3.30. The molecule has 0 radical (unpaired) electrons. The number of aliphatic hydroxyl groups excluding tert-OH is 2. The van der Waals surface area contributed by atoms with Crippen molar-refractivity contribution in [2.24, 2.45) is 0 Å². The molecule has 0 aromatic carbocycles. The number of rotatable bonds is 1. The van der Waals surface area contributed by atoms with E-state index >= 15 is 0 Å². The van der Waals surface area contributed by atoms with Gasteiger partial charge in [-0.2, -0.15) is 0 Å². The molecule has 0 amide bonds. The predicted octanol–water partition coefficient (Wildman–Crippen LogP) is 0.646. The van der Waals surface area contributed by atoms with Crippen LogP contribution in [0.25, 0.3) is 0 Å². The number of allylic oxidation sites excluding steroid dienone is 3. The zero-order valence-corrected chi connectivity index (χ0v) is 13.5. The molecular formula is C15H25BO6. The van der Waals surface area contributed by atoms with Crippen LogP contribution >= 0.6 is 0 Å². The molecule has 2 rings (SSSR count). The van der Waals surface area contributed by atoms with E-state index in [0.29, 0.717) is 23.9 Å². The summed E-state index contributed by atoms with van der Waals surface area (Å²) in [5.41, 5.74) is -0.515. The molecule has 0 spiro atoms. The highest BCUT2D eigenvalue weighted by molar-refractivity contribution is 6.55. The lowest BCUT2D eigenvalue weighted by molar-refractivity contribution is -0.159. The topological polar surface area (TPSA) is 99.4 Å². The van der Waals surface area contributed by atoms with E-state index in [1.807, 2.05) is 6.92 Å². The lowest BCUT2D eigenvalue weighted by atomic mass is 9.67. The van der Waals surface area contributed by atoms with E-state index in [4.69, 9.17) is 9.31 Å². The van der Waals surface area contributed by atoms with Crippen molar-refractivity contribution >= 4 is 7.12 Å². The van der Waals surface area contributed by atoms with E-state index in [2.05, 4.69) is 0 Å². The van der Waals surface area contributed by atoms with Crippen molar-refractivity contribution in [2.75, 3.05) is 0 Å². The fourth-order valence-corrected chi connectivity index (χ4v) is 2.76. The Kier molecular flexibility index (Phi) is 4.87. The van der Waals surface area contributed by atoms with Gasteiger partial charge in [-0.15, -0.1) is 0 Å². The van der Waals surface area contributed by atoms with Crippen molar-refractivity contribution in [1.29, 1.82) is 0 Å². The van der Waals surface area contributed by atoms with Crippen LogP contribution in [0.4, 0.5) is 0 Å². The number of aliphatic hydroxyl groups is 4. The maximum atomic E-state index is 10.7. The maximum Gasteiger partial charge on any atom is 0.497 e. The molecular weight excluding hydrogens is 287 g/mol. The van der Waals surface area contributed by atoms with E-state index < -0.39 is 30.9 Å². The SMILES string of the molecule is C/C1=C\C(B2OC(O)CC(O)O2)=C(/C)CCC(C)(O)C1(C)O. The first kappa shape index (κ1) is 17.7. The third-order valence-electron chi connectivity index (χ3n) is 4.89. The standard InChI is InChI=1S/C15H25BO6/c1-9-5-6-14(3,19)15(4,20)10(2)7-11(9)16-21-12(17)8-13(18)22-16/h7,12-13,17-20H,5-6,8H2,1-4H3/b10-7+,11-9-. The van der Waals surface area contributed by atoms with Gasteiger partial charge in [0.1, 0.15) is 18.2 Å². The Morgan fingerprint density at radius 3 is 2.23 bits per heavy atom. The summed E-state index contributed by atoms with van der Waals surface area (Å²) in [7, 11) is -0.896. The molecule has 2 aliphatic rings. The quantitative estimate of drug-likeness (QED) is 0.531. The van der Waals surface area contributed by atoms with Gasteiger partial charge < -0.3 is 29.7 Å². The van der Waals surface area contributed by atoms with Crippen LogP contribution in [-0.2, 0) is 9.31 Å². The van der Waals surface area contributed by atoms with Crippen molar-refractivity contribution in [3.63, 3.8) is 0 Å². The molecule has 0 aromatic rings. The highest BCUT2D eigenvalue weighted by Crippen LogP contribution is 2.38. The predicted molar refractivity (Wildman–Crippen MR) is 81.5 cm³/mol. The second-order valence-corrected chi connectivity index (χ2v) is 6.66. The third-order valence-corrected chi connectivity index (χ3v) is 4.89. The van der Waals surface area contributed by atoms with Crippen LogP contribution in [0.3, 0.4) is 0 Å². The summed E-state index contributed by atoms with van der Waals surface area (Å²) in [6.07, 6.45) is 0.417. The van der Waals surface area contributed by atoms with Gasteiger partial charge in [0, 0.05) is 6.42 Å². The summed E-state index contributed by atoms with van der Waals surface area (Å²) in [5, 5.41) is 40.5. The molecule has 1 heterocycles. The normalized spacial score (nSPS) is 46.7. The Bertz CT molecular complexity index is 486. The zero-order valence-electron chi connectivity index (χ0n) is 13.5. The van der Waals surface area contributed by atoms with Gasteiger partial charge in [-0.3, -0.25) is 0 Å². The molecule has 1 saturated heterocycles. The van der Waals surface area contributed by atoms with Gasteiger partial charge in [0.15, 0.2) is 0 Å². The lowest BCUT2D eigenvalue weighted by Gasteiger charge is -2.41. The molecule has 0 saturated carbocycles. The fourth-order valence-electron chi connectivity index (χ4n) is 2.76. The largest absolute Gasteiger partial charge is 0.497 e. The minimum atomic E-state index is -1.40. The van der Waals surface area contributed by atoms with Crippen molar-refractivity contribution < 1.29 is 29.7 Å². The van der Waals surface area contributed by atoms with Crippen LogP contribution < -0.4 is 0 Å². The molecule has 6 nitrogen and oxygen atoms in total. The van der Waals surface area contributed by atoms with Crippen LogP contribution in [-0.4, -0.2) is 51.3 Å². The van der Waals surface area contributed by atoms with Crippen LogP contribution in [0.2, 0.25) is 0 Å². The number of hydrogen-bond donors (Lipinski definition) is 4. The molecule has 4 unspecified atom stereocenters. The van der Waals surface area contributed by atoms with Gasteiger partial charge in [-0.1, -0.05) is 11.6 Å². The van der Waals surface area contributed by atoms with E-state index in [1.165, 1.54) is 0 Å². The van der Waals surface area contributed by atoms with E-state index in [0.717, 1.165) is 5.57 Å². The van der Waals surface area contributed by atoms with E-state index in [9.17, 15) is 20.4 Å². The first-order chi connectivity index (χ1) is 10.0. The number of hydrogen-bond acceptors (Lipinski definition) is 6. The lowest BCUT2D eigenvalue weighted by Crippen LogP contribution is -2.51. The molecule has 1 aliphatic heterocycles. The van der Waals surface area contributed by atoms with Gasteiger partial charge in [-0.05, 0) is 51.6 Å². The Labute approximate surface area is 131 Å². The van der Waals surface area contributed by atoms with Gasteiger partial charge in [0.05, 0.1) is 5.60 Å². The van der Waals surface area contributed by atoms with Gasteiger partial charge in [0.25, 0.3) is 0 Å². The second kappa shape index (κ2) is 6.07. The Balaban J connectivity index is 2.38. The molecule has 4 N–H and O–H groups in total. The molecule has 0 aromatic heterocycles. The zero-order chi connectivity index (χ0) is 16.7. The van der Waals surface area contributed by atoms with E-state index in [1.54, 1.807) is 26.8 Å². The summed E-state index contributed by atoms with van der Waals surface area (Å²) < 4.78 is 10.7. The molecule has 7 heteroatoms. The molecule has 1 aliphatic carbocycles. The monoisotopic (exact) mass is 312 g/mol. The minimum Gasteiger partial charge on any atom is -0.387 e. The molecule has 22 heavy (non-hydrogen) atoms. The van der Waals surface area contributed by atoms with Crippen LogP contribution in [0.1, 0.15) is 47.0 Å². The molecule has 124 valence electrons. The first-order valence-electron chi connectivity index (χ1n) is 7.55. The van der Waals surface area contributed by atoms with Crippen molar-refractivity contribution in [3.8, 4) is 0 Å². The van der Waals surface area contributed by atoms with Crippen LogP contribution in [0.5, 0.6) is 0 Å². The molecule has 0 bridgehead atoms. The van der Waals surface area contributed by atoms with Gasteiger partial charge in [0.2, 0.25) is 0 Å². The average molecular weight is 312 g/mol. The molecule has 1 fully saturated rings. The maximum absolute atomic E-state index is 10.7. The van der Waals surface area contributed by atoms with Gasteiger partial charge in [-0.25, -0.2) is 0 Å². The van der Waals surface area contributed by atoms with Crippen LogP contribution in [0.15, 0.2) is 22.7 Å². The van der Waals surface area contributed by atoms with Crippen molar-refractivity contribution in [2.45, 2.75) is 70.7 Å². The smallest absolute Gasteiger partial charge is 0.387 e. The van der Waals surface area contributed by atoms with E-state index in [-0.39, 0.29) is 6.42 Å². The van der Waals surface area contributed by atoms with Gasteiger partial charge >= 0.3 is 7.12 Å². The summed E-state index contributed by atoms with van der Waals surface area (Å²) in [6, 6.07) is 0. The van der Waals surface area contributed by atoms with Crippen molar-refractivity contribution in [3.05, 3.63) is 22.7 Å². The minimum absolute atomic E-state index is 0.00203. The van der Waals surface area contributed by atoms with Crippen molar-refractivity contribution in [1.82, 2.24) is 0 Å². The average Bonchev–Trinajstić information content (AvgIpc) is 2.39. The first-order valence-corrected chi connectivity index (χ1v) is 7.55. The Morgan fingerprint density at radius 1 is 1.14 bits per heavy atom. The second-order valence-electron chi connectivity index (χ2n) is 6.66. The summed E-state index contributed by atoms with van der Waals surface area (Å²) >= 11 is 0. The van der Waals surface area contributed by atoms with Crippen LogP contribution in [0, 0.1) is 0 Å². The summed E-state index contributed by atoms with van der Waals surface area (Å²) in [6.45, 7) is 6.80.